The van der Waals surface area contributed by atoms with Crippen molar-refractivity contribution in [1.29, 1.82) is 0 Å². The van der Waals surface area contributed by atoms with Crippen LogP contribution in [0, 0.1) is 3.57 Å². The van der Waals surface area contributed by atoms with Gasteiger partial charge in [0.25, 0.3) is 11.8 Å². The van der Waals surface area contributed by atoms with Crippen LogP contribution in [0.2, 0.25) is 10.0 Å². The van der Waals surface area contributed by atoms with Crippen molar-refractivity contribution in [2.45, 2.75) is 31.3 Å². The highest BCUT2D eigenvalue weighted by Gasteiger charge is 2.40. The molecular weight excluding hydrogens is 836 g/mol. The average molecular weight is 871 g/mol. The van der Waals surface area contributed by atoms with Gasteiger partial charge in [0, 0.05) is 30.6 Å². The number of urea groups is 1. The van der Waals surface area contributed by atoms with E-state index in [1.807, 2.05) is 54.6 Å². The fourth-order valence-electron chi connectivity index (χ4n) is 7.78. The Morgan fingerprint density at radius 3 is 2.04 bits per heavy atom. The van der Waals surface area contributed by atoms with Gasteiger partial charge < -0.3 is 14.4 Å². The molecule has 0 unspecified atom stereocenters. The number of ether oxygens (including phenoxy) is 2. The van der Waals surface area contributed by atoms with Crippen molar-refractivity contribution in [2.24, 2.45) is 0 Å². The molecule has 8 nitrogen and oxygen atoms in total. The predicted molar refractivity (Wildman–Crippen MR) is 220 cm³/mol. The normalized spacial score (nSPS) is 18.7. The molecule has 2 atom stereocenters. The van der Waals surface area contributed by atoms with Gasteiger partial charge in [-0.2, -0.15) is 0 Å². The second-order valence-electron chi connectivity index (χ2n) is 13.5. The van der Waals surface area contributed by atoms with E-state index in [0.29, 0.717) is 36.4 Å². The van der Waals surface area contributed by atoms with Gasteiger partial charge in [-0.15, -0.1) is 0 Å². The number of amides is 4. The molecule has 0 spiro atoms. The van der Waals surface area contributed by atoms with Crippen LogP contribution in [0.4, 0.5) is 16.2 Å². The van der Waals surface area contributed by atoms with E-state index in [0.717, 1.165) is 47.5 Å². The van der Waals surface area contributed by atoms with Crippen molar-refractivity contribution in [3.05, 3.63) is 156 Å². The first-order valence-electron chi connectivity index (χ1n) is 17.6. The second kappa shape index (κ2) is 15.1. The number of hydrogen-bond acceptors (Lipinski definition) is 6. The number of anilines is 2. The minimum absolute atomic E-state index is 0.0669. The van der Waals surface area contributed by atoms with Gasteiger partial charge in [-0.25, -0.2) is 9.69 Å². The number of nitrogens with zero attached hydrogens (tertiary/aromatic N) is 2. The Balaban J connectivity index is 1.18. The van der Waals surface area contributed by atoms with E-state index in [1.165, 1.54) is 30.0 Å². The van der Waals surface area contributed by atoms with Gasteiger partial charge in [-0.3, -0.25) is 14.9 Å². The Morgan fingerprint density at radius 1 is 0.815 bits per heavy atom. The van der Waals surface area contributed by atoms with E-state index in [1.54, 1.807) is 24.3 Å². The zero-order chi connectivity index (χ0) is 37.5. The Kier molecular flexibility index (Phi) is 10.1. The molecule has 5 aromatic rings. The SMILES string of the molecule is COc1cc(/C=C2\C(=O)NC(=O)N(c3cc4c5c(c3)[C@H](c3ccccc3)CCN5CC[C@H]4c3ccccc3)C2=O)cc(I)c1OCc1ccc(Cl)c(Cl)c1. The van der Waals surface area contributed by atoms with Crippen LogP contribution in [0.3, 0.4) is 0 Å². The lowest BCUT2D eigenvalue weighted by Gasteiger charge is -2.44. The van der Waals surface area contributed by atoms with Gasteiger partial charge >= 0.3 is 6.03 Å². The number of benzene rings is 5. The van der Waals surface area contributed by atoms with Gasteiger partial charge in [0.05, 0.1) is 26.4 Å². The highest BCUT2D eigenvalue weighted by molar-refractivity contribution is 14.1. The minimum atomic E-state index is -0.788. The third-order valence-electron chi connectivity index (χ3n) is 10.3. The summed E-state index contributed by atoms with van der Waals surface area (Å²) in [4.78, 5) is 45.0. The van der Waals surface area contributed by atoms with Crippen molar-refractivity contribution < 1.29 is 23.9 Å². The zero-order valence-corrected chi connectivity index (χ0v) is 32.8. The molecule has 272 valence electrons. The van der Waals surface area contributed by atoms with E-state index in [2.05, 4.69) is 57.1 Å². The van der Waals surface area contributed by atoms with Gasteiger partial charge in [-0.1, -0.05) is 89.9 Å². The lowest BCUT2D eigenvalue weighted by Crippen LogP contribution is -2.54. The van der Waals surface area contributed by atoms with Gasteiger partial charge in [0.15, 0.2) is 11.5 Å². The van der Waals surface area contributed by atoms with Crippen molar-refractivity contribution >= 4 is 81.1 Å². The Hall–Kier alpha value is -4.84. The summed E-state index contributed by atoms with van der Waals surface area (Å²) in [6.07, 6.45) is 3.27. The second-order valence-corrected chi connectivity index (χ2v) is 15.5. The first-order valence-corrected chi connectivity index (χ1v) is 19.4. The van der Waals surface area contributed by atoms with Crippen molar-refractivity contribution in [3.63, 3.8) is 0 Å². The highest BCUT2D eigenvalue weighted by Crippen LogP contribution is 2.50. The Labute approximate surface area is 336 Å². The molecule has 5 aromatic carbocycles. The summed E-state index contributed by atoms with van der Waals surface area (Å²) in [5.74, 6) is -0.455. The molecule has 3 aliphatic rings. The van der Waals surface area contributed by atoms with E-state index in [4.69, 9.17) is 32.7 Å². The zero-order valence-electron chi connectivity index (χ0n) is 29.2. The number of rotatable bonds is 8. The number of hydrogen-bond donors (Lipinski definition) is 1. The summed E-state index contributed by atoms with van der Waals surface area (Å²) in [6.45, 7) is 2.03. The van der Waals surface area contributed by atoms with Crippen LogP contribution in [0.1, 0.15) is 58.1 Å². The largest absolute Gasteiger partial charge is 0.493 e. The highest BCUT2D eigenvalue weighted by atomic mass is 127. The van der Waals surface area contributed by atoms with Crippen molar-refractivity contribution in [1.82, 2.24) is 5.32 Å². The smallest absolute Gasteiger partial charge is 0.335 e. The number of imide groups is 2. The maximum atomic E-state index is 14.4. The van der Waals surface area contributed by atoms with Gasteiger partial charge in [0.2, 0.25) is 0 Å². The summed E-state index contributed by atoms with van der Waals surface area (Å²) in [6, 6.07) is 32.6. The van der Waals surface area contributed by atoms with Gasteiger partial charge in [-0.05, 0) is 111 Å². The van der Waals surface area contributed by atoms with Crippen molar-refractivity contribution in [3.8, 4) is 11.5 Å². The van der Waals surface area contributed by atoms with Crippen LogP contribution in [-0.2, 0) is 16.2 Å². The van der Waals surface area contributed by atoms with Crippen LogP contribution in [0.5, 0.6) is 11.5 Å². The topological polar surface area (TPSA) is 88.2 Å². The maximum absolute atomic E-state index is 14.4. The van der Waals surface area contributed by atoms with Crippen LogP contribution in [0.25, 0.3) is 6.08 Å². The summed E-state index contributed by atoms with van der Waals surface area (Å²) in [5.41, 5.74) is 7.25. The molecule has 0 radical (unpaired) electrons. The van der Waals surface area contributed by atoms with E-state index in [-0.39, 0.29) is 24.0 Å². The summed E-state index contributed by atoms with van der Waals surface area (Å²) in [7, 11) is 1.52. The summed E-state index contributed by atoms with van der Waals surface area (Å²) < 4.78 is 12.5. The maximum Gasteiger partial charge on any atom is 0.335 e. The number of carbonyl (C=O) groups is 3. The Morgan fingerprint density at radius 2 is 1.44 bits per heavy atom. The molecule has 0 bridgehead atoms. The molecule has 1 fully saturated rings. The molecule has 0 aromatic heterocycles. The molecule has 4 amide bonds. The first kappa shape index (κ1) is 36.2. The van der Waals surface area contributed by atoms with Crippen LogP contribution in [-0.4, -0.2) is 38.0 Å². The standard InChI is InChI=1S/C43H34Cl2IN3O5/c1-53-38-21-26(20-37(46)40(38)54-24-25-12-13-35(44)36(45)19-25)18-34-41(50)47-43(52)49(42(34)51)29-22-32-30(27-8-4-2-5-9-27)14-16-48-17-15-31(33(23-29)39(32)48)28-10-6-3-7-11-28/h2-13,18-23,30-31H,14-17,24H2,1H3,(H,47,50,52)/b34-18+/t30-,31-/m0/s1. The predicted octanol–water partition coefficient (Wildman–Crippen LogP) is 9.73. The molecule has 0 saturated carbocycles. The quantitative estimate of drug-likeness (QED) is 0.0950. The van der Waals surface area contributed by atoms with E-state index >= 15 is 0 Å². The third kappa shape index (κ3) is 6.85. The molecule has 8 rings (SSSR count). The molecule has 11 heteroatoms. The fourth-order valence-corrected chi connectivity index (χ4v) is 8.88. The fraction of sp³-hybridized carbons (Fsp3) is 0.186. The number of carbonyl (C=O) groups excluding carboxylic acids is 3. The monoisotopic (exact) mass is 869 g/mol. The van der Waals surface area contributed by atoms with Crippen LogP contribution in [0.15, 0.2) is 109 Å². The molecule has 3 aliphatic heterocycles. The van der Waals surface area contributed by atoms with Crippen LogP contribution < -0.4 is 24.6 Å². The summed E-state index contributed by atoms with van der Waals surface area (Å²) >= 11 is 14.4. The first-order chi connectivity index (χ1) is 26.2. The number of methoxy groups -OCH3 is 1. The minimum Gasteiger partial charge on any atom is -0.493 e. The molecule has 1 N–H and O–H groups in total. The van der Waals surface area contributed by atoms with E-state index in [9.17, 15) is 14.4 Å². The molecule has 54 heavy (non-hydrogen) atoms. The summed E-state index contributed by atoms with van der Waals surface area (Å²) in [5, 5.41) is 3.30. The molecular formula is C43H34Cl2IN3O5. The molecule has 3 heterocycles. The van der Waals surface area contributed by atoms with Gasteiger partial charge in [0.1, 0.15) is 12.2 Å². The molecule has 0 aliphatic carbocycles. The van der Waals surface area contributed by atoms with Crippen molar-refractivity contribution in [2.75, 3.05) is 30.0 Å². The van der Waals surface area contributed by atoms with E-state index < -0.39 is 17.8 Å². The Bertz CT molecular complexity index is 2260. The average Bonchev–Trinajstić information content (AvgIpc) is 3.18. The molecule has 1 saturated heterocycles. The lowest BCUT2D eigenvalue weighted by molar-refractivity contribution is -0.122. The van der Waals surface area contributed by atoms with Crippen LogP contribution >= 0.6 is 45.8 Å². The lowest BCUT2D eigenvalue weighted by atomic mass is 9.76. The number of barbiturate groups is 1. The third-order valence-corrected chi connectivity index (χ3v) is 11.8. The number of nitrogens with one attached hydrogen (secondary N) is 1. The number of halogens is 3.